The van der Waals surface area contributed by atoms with Crippen molar-refractivity contribution in [3.8, 4) is 0 Å². The Balaban J connectivity index is 1.84. The Hall–Kier alpha value is -0.860. The Bertz CT molecular complexity index is 372. The third-order valence-corrected chi connectivity index (χ3v) is 5.81. The van der Waals surface area contributed by atoms with Crippen molar-refractivity contribution in [2.45, 2.75) is 71.3 Å². The van der Waals surface area contributed by atoms with Crippen molar-refractivity contribution in [3.63, 3.8) is 0 Å². The van der Waals surface area contributed by atoms with E-state index in [0.29, 0.717) is 11.8 Å². The van der Waals surface area contributed by atoms with Crippen molar-refractivity contribution in [2.24, 2.45) is 23.7 Å². The largest absolute Gasteiger partial charge is 0.279 e. The average molecular weight is 277 g/mol. The lowest BCUT2D eigenvalue weighted by Gasteiger charge is -2.34. The van der Waals surface area contributed by atoms with Crippen LogP contribution in [0.1, 0.15) is 65.2 Å². The molecule has 3 nitrogen and oxygen atoms in total. The predicted molar refractivity (Wildman–Crippen MR) is 77.9 cm³/mol. The van der Waals surface area contributed by atoms with Crippen LogP contribution in [-0.4, -0.2) is 22.8 Å². The summed E-state index contributed by atoms with van der Waals surface area (Å²) < 4.78 is 0. The van der Waals surface area contributed by atoms with Gasteiger partial charge in [0.1, 0.15) is 0 Å². The van der Waals surface area contributed by atoms with Crippen LogP contribution < -0.4 is 0 Å². The first kappa shape index (κ1) is 14.1. The summed E-state index contributed by atoms with van der Waals surface area (Å²) >= 11 is 0. The number of likely N-dealkylation sites (tertiary alicyclic amines) is 1. The second kappa shape index (κ2) is 5.50. The van der Waals surface area contributed by atoms with Crippen LogP contribution in [0.15, 0.2) is 0 Å². The summed E-state index contributed by atoms with van der Waals surface area (Å²) in [6, 6.07) is 0.241. The zero-order valence-electron chi connectivity index (χ0n) is 12.8. The number of hydrogen-bond donors (Lipinski definition) is 0. The van der Waals surface area contributed by atoms with Crippen LogP contribution in [0.3, 0.4) is 0 Å². The number of hydrogen-bond acceptors (Lipinski definition) is 2. The molecule has 2 amide bonds. The predicted octanol–water partition coefficient (Wildman–Crippen LogP) is 3.38. The van der Waals surface area contributed by atoms with Crippen molar-refractivity contribution in [1.82, 2.24) is 4.90 Å². The minimum Gasteiger partial charge on any atom is -0.279 e. The first-order valence-electron chi connectivity index (χ1n) is 8.55. The number of imide groups is 1. The summed E-state index contributed by atoms with van der Waals surface area (Å²) in [5.41, 5.74) is 0. The molecule has 0 spiro atoms. The zero-order chi connectivity index (χ0) is 14.3. The number of nitrogens with zero attached hydrogens (tertiary/aromatic N) is 1. The lowest BCUT2D eigenvalue weighted by molar-refractivity contribution is -0.145. The van der Waals surface area contributed by atoms with Gasteiger partial charge in [-0.25, -0.2) is 0 Å². The fourth-order valence-corrected chi connectivity index (χ4v) is 4.75. The third-order valence-electron chi connectivity index (χ3n) is 5.81. The van der Waals surface area contributed by atoms with Crippen molar-refractivity contribution in [1.29, 1.82) is 0 Å². The highest BCUT2D eigenvalue weighted by atomic mass is 16.2. The first-order valence-corrected chi connectivity index (χ1v) is 8.55. The fraction of sp³-hybridized carbons (Fsp3) is 0.882. The average Bonchev–Trinajstić information content (AvgIpc) is 2.82. The SMILES string of the molecule is CCCC1CC(CCC)C2C(=O)N(C3CCC3)C(=O)C12. The van der Waals surface area contributed by atoms with E-state index < -0.39 is 0 Å². The second-order valence-electron chi connectivity index (χ2n) is 7.02. The van der Waals surface area contributed by atoms with Crippen LogP contribution in [0.4, 0.5) is 0 Å². The van der Waals surface area contributed by atoms with E-state index in [1.165, 1.54) is 6.42 Å². The molecule has 4 atom stereocenters. The van der Waals surface area contributed by atoms with Gasteiger partial charge in [0, 0.05) is 6.04 Å². The Morgan fingerprint density at radius 1 is 0.950 bits per heavy atom. The van der Waals surface area contributed by atoms with Gasteiger partial charge in [0.2, 0.25) is 11.8 Å². The van der Waals surface area contributed by atoms with E-state index in [-0.39, 0.29) is 29.7 Å². The topological polar surface area (TPSA) is 37.4 Å². The molecule has 1 heterocycles. The Morgan fingerprint density at radius 2 is 1.45 bits per heavy atom. The van der Waals surface area contributed by atoms with Gasteiger partial charge in [0.25, 0.3) is 0 Å². The molecule has 1 aliphatic heterocycles. The van der Waals surface area contributed by atoms with E-state index in [9.17, 15) is 9.59 Å². The van der Waals surface area contributed by atoms with Crippen molar-refractivity contribution >= 4 is 11.8 Å². The van der Waals surface area contributed by atoms with Gasteiger partial charge in [-0.2, -0.15) is 0 Å². The third kappa shape index (κ3) is 2.01. The molecule has 0 aromatic heterocycles. The maximum atomic E-state index is 12.8. The summed E-state index contributed by atoms with van der Waals surface area (Å²) in [4.78, 5) is 27.2. The lowest BCUT2D eigenvalue weighted by Crippen LogP contribution is -2.45. The fourth-order valence-electron chi connectivity index (χ4n) is 4.75. The number of rotatable bonds is 5. The molecule has 0 bridgehead atoms. The quantitative estimate of drug-likeness (QED) is 0.722. The molecule has 0 N–H and O–H groups in total. The molecule has 2 aliphatic carbocycles. The van der Waals surface area contributed by atoms with E-state index in [1.54, 1.807) is 4.90 Å². The highest BCUT2D eigenvalue weighted by Gasteiger charge is 2.59. The lowest BCUT2D eigenvalue weighted by atomic mass is 9.86. The van der Waals surface area contributed by atoms with Gasteiger partial charge in [0.05, 0.1) is 11.8 Å². The molecule has 0 radical (unpaired) electrons. The van der Waals surface area contributed by atoms with Gasteiger partial charge in [-0.05, 0) is 50.4 Å². The van der Waals surface area contributed by atoms with Crippen LogP contribution in [0.5, 0.6) is 0 Å². The maximum absolute atomic E-state index is 12.8. The zero-order valence-corrected chi connectivity index (χ0v) is 12.8. The van der Waals surface area contributed by atoms with Crippen LogP contribution >= 0.6 is 0 Å². The molecule has 0 aromatic rings. The monoisotopic (exact) mass is 277 g/mol. The molecule has 3 heteroatoms. The number of carbonyl (C=O) groups excluding carboxylic acids is 2. The Labute approximate surface area is 122 Å². The molecule has 3 fully saturated rings. The Morgan fingerprint density at radius 3 is 1.80 bits per heavy atom. The molecule has 4 unspecified atom stereocenters. The summed E-state index contributed by atoms with van der Waals surface area (Å²) in [7, 11) is 0. The smallest absolute Gasteiger partial charge is 0.233 e. The molecule has 3 rings (SSSR count). The van der Waals surface area contributed by atoms with Crippen LogP contribution in [-0.2, 0) is 9.59 Å². The second-order valence-corrected chi connectivity index (χ2v) is 7.02. The highest BCUT2D eigenvalue weighted by molar-refractivity contribution is 6.06. The number of amides is 2. The van der Waals surface area contributed by atoms with Gasteiger partial charge >= 0.3 is 0 Å². The summed E-state index contributed by atoms with van der Waals surface area (Å²) in [5, 5.41) is 0. The van der Waals surface area contributed by atoms with Gasteiger partial charge in [-0.1, -0.05) is 26.7 Å². The van der Waals surface area contributed by atoms with Crippen molar-refractivity contribution in [3.05, 3.63) is 0 Å². The van der Waals surface area contributed by atoms with E-state index >= 15 is 0 Å². The molecular weight excluding hydrogens is 250 g/mol. The summed E-state index contributed by atoms with van der Waals surface area (Å²) in [5.74, 6) is 1.34. The van der Waals surface area contributed by atoms with Crippen LogP contribution in [0.25, 0.3) is 0 Å². The molecular formula is C17H27NO2. The standard InChI is InChI=1S/C17H27NO2/c1-3-6-11-10-12(7-4-2)15-14(11)16(19)18(17(15)20)13-8-5-9-13/h11-15H,3-10H2,1-2H3. The summed E-state index contributed by atoms with van der Waals surface area (Å²) in [6.45, 7) is 4.38. The Kier molecular flexibility index (Phi) is 3.87. The minimum atomic E-state index is 0.0274. The molecule has 1 saturated heterocycles. The number of fused-ring (bicyclic) bond motifs is 1. The van der Waals surface area contributed by atoms with Crippen LogP contribution in [0, 0.1) is 23.7 Å². The van der Waals surface area contributed by atoms with Gasteiger partial charge in [-0.15, -0.1) is 0 Å². The molecule has 0 aromatic carbocycles. The van der Waals surface area contributed by atoms with E-state index in [0.717, 1.165) is 44.9 Å². The van der Waals surface area contributed by atoms with E-state index in [2.05, 4.69) is 13.8 Å². The van der Waals surface area contributed by atoms with Crippen LogP contribution in [0.2, 0.25) is 0 Å². The highest BCUT2D eigenvalue weighted by Crippen LogP contribution is 2.52. The van der Waals surface area contributed by atoms with Gasteiger partial charge in [-0.3, -0.25) is 14.5 Å². The normalized spacial score (nSPS) is 37.4. The molecule has 20 heavy (non-hydrogen) atoms. The molecule has 3 aliphatic rings. The molecule has 2 saturated carbocycles. The van der Waals surface area contributed by atoms with Gasteiger partial charge < -0.3 is 0 Å². The molecule has 112 valence electrons. The van der Waals surface area contributed by atoms with E-state index in [4.69, 9.17) is 0 Å². The minimum absolute atomic E-state index is 0.0274. The number of carbonyl (C=O) groups is 2. The van der Waals surface area contributed by atoms with Crippen molar-refractivity contribution < 1.29 is 9.59 Å². The summed E-state index contributed by atoms with van der Waals surface area (Å²) in [6.07, 6.45) is 8.82. The first-order chi connectivity index (χ1) is 9.69. The van der Waals surface area contributed by atoms with Gasteiger partial charge in [0.15, 0.2) is 0 Å². The maximum Gasteiger partial charge on any atom is 0.233 e. The van der Waals surface area contributed by atoms with Crippen molar-refractivity contribution in [2.75, 3.05) is 0 Å². The van der Waals surface area contributed by atoms with E-state index in [1.807, 2.05) is 0 Å².